The molecule has 3 heterocycles. The van der Waals surface area contributed by atoms with Crippen molar-refractivity contribution in [1.29, 1.82) is 0 Å². The first-order valence-electron chi connectivity index (χ1n) is 6.67. The van der Waals surface area contributed by atoms with Gasteiger partial charge in [0.2, 0.25) is 5.91 Å². The maximum Gasteiger partial charge on any atom is 0.262 e. The standard InChI is InChI=1S/C13H16N4O2S.ClH/c18-11(16-5-1-3-14-4-6-16)8-17-9-15-12-10(13(17)19)2-7-20-12;/h2,7,9,14H,1,3-6,8H2;1H. The smallest absolute Gasteiger partial charge is 0.262 e. The molecule has 2 aromatic heterocycles. The number of hydrogen-bond acceptors (Lipinski definition) is 5. The van der Waals surface area contributed by atoms with Crippen molar-refractivity contribution in [2.24, 2.45) is 0 Å². The van der Waals surface area contributed by atoms with Crippen molar-refractivity contribution in [1.82, 2.24) is 19.8 Å². The van der Waals surface area contributed by atoms with Gasteiger partial charge in [-0.25, -0.2) is 4.98 Å². The molecule has 21 heavy (non-hydrogen) atoms. The Morgan fingerprint density at radius 2 is 2.24 bits per heavy atom. The minimum absolute atomic E-state index is 0. The predicted octanol–water partition coefficient (Wildman–Crippen LogP) is 0.702. The third kappa shape index (κ3) is 3.42. The van der Waals surface area contributed by atoms with Crippen LogP contribution in [0.25, 0.3) is 10.2 Å². The van der Waals surface area contributed by atoms with Gasteiger partial charge >= 0.3 is 0 Å². The van der Waals surface area contributed by atoms with Gasteiger partial charge in [0.15, 0.2) is 0 Å². The zero-order valence-electron chi connectivity index (χ0n) is 11.4. The molecule has 2 aromatic rings. The maximum absolute atomic E-state index is 12.3. The van der Waals surface area contributed by atoms with Crippen LogP contribution in [0.1, 0.15) is 6.42 Å². The van der Waals surface area contributed by atoms with Crippen molar-refractivity contribution in [3.8, 4) is 0 Å². The molecule has 1 saturated heterocycles. The summed E-state index contributed by atoms with van der Waals surface area (Å²) in [6.45, 7) is 3.25. The van der Waals surface area contributed by atoms with E-state index in [1.165, 1.54) is 22.2 Å². The highest BCUT2D eigenvalue weighted by Crippen LogP contribution is 2.13. The molecule has 0 aliphatic carbocycles. The van der Waals surface area contributed by atoms with Crippen molar-refractivity contribution < 1.29 is 4.79 Å². The Morgan fingerprint density at radius 3 is 3.10 bits per heavy atom. The van der Waals surface area contributed by atoms with Crippen molar-refractivity contribution in [3.63, 3.8) is 0 Å². The second-order valence-electron chi connectivity index (χ2n) is 4.80. The summed E-state index contributed by atoms with van der Waals surface area (Å²) in [6.07, 6.45) is 2.41. The molecule has 1 aliphatic rings. The second kappa shape index (κ2) is 7.02. The number of halogens is 1. The van der Waals surface area contributed by atoms with Crippen LogP contribution in [-0.2, 0) is 11.3 Å². The van der Waals surface area contributed by atoms with Crippen LogP contribution in [0.3, 0.4) is 0 Å². The van der Waals surface area contributed by atoms with Crippen LogP contribution < -0.4 is 10.9 Å². The van der Waals surface area contributed by atoms with Gasteiger partial charge in [0.1, 0.15) is 11.4 Å². The molecule has 0 saturated carbocycles. The first-order chi connectivity index (χ1) is 9.75. The largest absolute Gasteiger partial charge is 0.340 e. The van der Waals surface area contributed by atoms with E-state index in [1.807, 2.05) is 10.3 Å². The van der Waals surface area contributed by atoms with E-state index in [2.05, 4.69) is 10.3 Å². The third-order valence-corrected chi connectivity index (χ3v) is 4.27. The molecule has 0 bridgehead atoms. The molecule has 1 N–H and O–H groups in total. The van der Waals surface area contributed by atoms with E-state index in [1.54, 1.807) is 6.07 Å². The molecule has 1 aliphatic heterocycles. The van der Waals surface area contributed by atoms with E-state index in [-0.39, 0.29) is 30.4 Å². The van der Waals surface area contributed by atoms with Crippen LogP contribution in [-0.4, -0.2) is 46.5 Å². The molecular formula is C13H17ClN4O2S. The number of aromatic nitrogens is 2. The van der Waals surface area contributed by atoms with Gasteiger partial charge in [-0.15, -0.1) is 23.7 Å². The minimum Gasteiger partial charge on any atom is -0.340 e. The lowest BCUT2D eigenvalue weighted by molar-refractivity contribution is -0.131. The number of nitrogens with one attached hydrogen (secondary N) is 1. The average molecular weight is 329 g/mol. The highest BCUT2D eigenvalue weighted by Gasteiger charge is 2.16. The molecule has 8 heteroatoms. The average Bonchev–Trinajstić information content (AvgIpc) is 2.76. The molecular weight excluding hydrogens is 312 g/mol. The molecule has 6 nitrogen and oxygen atoms in total. The van der Waals surface area contributed by atoms with Gasteiger partial charge in [-0.05, 0) is 24.4 Å². The van der Waals surface area contributed by atoms with Crippen molar-refractivity contribution in [3.05, 3.63) is 28.1 Å². The number of fused-ring (bicyclic) bond motifs is 1. The van der Waals surface area contributed by atoms with Crippen LogP contribution in [0.2, 0.25) is 0 Å². The van der Waals surface area contributed by atoms with Gasteiger partial charge in [0.25, 0.3) is 5.56 Å². The Morgan fingerprint density at radius 1 is 1.38 bits per heavy atom. The Hall–Kier alpha value is -1.44. The Kier molecular flexibility index (Phi) is 5.33. The molecule has 0 radical (unpaired) electrons. The Balaban J connectivity index is 0.00000161. The zero-order valence-corrected chi connectivity index (χ0v) is 13.1. The topological polar surface area (TPSA) is 67.2 Å². The number of carbonyl (C=O) groups excluding carboxylic acids is 1. The van der Waals surface area contributed by atoms with Gasteiger partial charge < -0.3 is 10.2 Å². The van der Waals surface area contributed by atoms with Crippen LogP contribution in [0, 0.1) is 0 Å². The number of rotatable bonds is 2. The van der Waals surface area contributed by atoms with Gasteiger partial charge in [0, 0.05) is 19.6 Å². The maximum atomic E-state index is 12.3. The lowest BCUT2D eigenvalue weighted by atomic mass is 10.3. The Bertz CT molecular complexity index is 676. The fourth-order valence-corrected chi connectivity index (χ4v) is 3.07. The van der Waals surface area contributed by atoms with E-state index < -0.39 is 0 Å². The fourth-order valence-electron chi connectivity index (χ4n) is 2.35. The summed E-state index contributed by atoms with van der Waals surface area (Å²) >= 11 is 1.43. The predicted molar refractivity (Wildman–Crippen MR) is 85.2 cm³/mol. The van der Waals surface area contributed by atoms with E-state index in [0.29, 0.717) is 11.9 Å². The molecule has 0 unspecified atom stereocenters. The van der Waals surface area contributed by atoms with Gasteiger partial charge in [-0.1, -0.05) is 0 Å². The van der Waals surface area contributed by atoms with Crippen LogP contribution in [0.4, 0.5) is 0 Å². The van der Waals surface area contributed by atoms with Crippen LogP contribution in [0.15, 0.2) is 22.6 Å². The van der Waals surface area contributed by atoms with Crippen LogP contribution >= 0.6 is 23.7 Å². The van der Waals surface area contributed by atoms with E-state index in [9.17, 15) is 9.59 Å². The van der Waals surface area contributed by atoms with Gasteiger partial charge in [0.05, 0.1) is 11.7 Å². The lowest BCUT2D eigenvalue weighted by Crippen LogP contribution is -2.38. The summed E-state index contributed by atoms with van der Waals surface area (Å²) < 4.78 is 1.40. The molecule has 1 fully saturated rings. The van der Waals surface area contributed by atoms with Gasteiger partial charge in [-0.2, -0.15) is 0 Å². The normalized spacial score (nSPS) is 15.5. The first-order valence-corrected chi connectivity index (χ1v) is 7.55. The van der Waals surface area contributed by atoms with E-state index >= 15 is 0 Å². The zero-order chi connectivity index (χ0) is 13.9. The monoisotopic (exact) mass is 328 g/mol. The minimum atomic E-state index is -0.141. The van der Waals surface area contributed by atoms with E-state index in [4.69, 9.17) is 0 Å². The molecule has 1 amide bonds. The molecule has 114 valence electrons. The number of amides is 1. The van der Waals surface area contributed by atoms with E-state index in [0.717, 1.165) is 30.9 Å². The molecule has 0 atom stereocenters. The SMILES string of the molecule is Cl.O=C(Cn1cnc2sccc2c1=O)N1CCCNCC1. The van der Waals surface area contributed by atoms with Crippen molar-refractivity contribution in [2.45, 2.75) is 13.0 Å². The Labute approximate surface area is 132 Å². The summed E-state index contributed by atoms with van der Waals surface area (Å²) in [7, 11) is 0. The summed E-state index contributed by atoms with van der Waals surface area (Å²) in [6, 6.07) is 1.76. The number of thiophene rings is 1. The summed E-state index contributed by atoms with van der Waals surface area (Å²) in [5.41, 5.74) is -0.141. The molecule has 0 aromatic carbocycles. The summed E-state index contributed by atoms with van der Waals surface area (Å²) in [5.74, 6) is -0.0211. The number of nitrogens with zero attached hydrogens (tertiary/aromatic N) is 3. The third-order valence-electron chi connectivity index (χ3n) is 3.45. The second-order valence-corrected chi connectivity index (χ2v) is 5.70. The van der Waals surface area contributed by atoms with Crippen molar-refractivity contribution in [2.75, 3.05) is 26.2 Å². The first kappa shape index (κ1) is 15.9. The number of carbonyl (C=O) groups is 1. The summed E-state index contributed by atoms with van der Waals surface area (Å²) in [5, 5.41) is 5.68. The molecule has 3 rings (SSSR count). The lowest BCUT2D eigenvalue weighted by Gasteiger charge is -2.20. The van der Waals surface area contributed by atoms with Crippen LogP contribution in [0.5, 0.6) is 0 Å². The highest BCUT2D eigenvalue weighted by atomic mass is 35.5. The summed E-state index contributed by atoms with van der Waals surface area (Å²) in [4.78, 5) is 31.2. The number of hydrogen-bond donors (Lipinski definition) is 1. The highest BCUT2D eigenvalue weighted by molar-refractivity contribution is 7.16. The molecule has 0 spiro atoms. The fraction of sp³-hybridized carbons (Fsp3) is 0.462. The van der Waals surface area contributed by atoms with Gasteiger partial charge in [-0.3, -0.25) is 14.2 Å². The van der Waals surface area contributed by atoms with Crippen molar-refractivity contribution >= 4 is 39.9 Å². The quantitative estimate of drug-likeness (QED) is 0.881.